The average molecular weight is 372 g/mol. The molecule has 0 spiro atoms. The summed E-state index contributed by atoms with van der Waals surface area (Å²) >= 11 is 0. The maximum absolute atomic E-state index is 12.3. The summed E-state index contributed by atoms with van der Waals surface area (Å²) < 4.78 is 10.2. The van der Waals surface area contributed by atoms with Gasteiger partial charge in [-0.1, -0.05) is 17.3 Å². The molecule has 27 heavy (non-hydrogen) atoms. The number of hydrogen-bond acceptors (Lipinski definition) is 6. The highest BCUT2D eigenvalue weighted by Crippen LogP contribution is 2.17. The van der Waals surface area contributed by atoms with Gasteiger partial charge in [-0.15, -0.1) is 0 Å². The SMILES string of the molecule is CCOc1ccc(CN2CCNC(=O)[C@H]2CC(=O)NCc2ccon2)cc1. The van der Waals surface area contributed by atoms with Crippen LogP contribution in [-0.2, 0) is 22.7 Å². The van der Waals surface area contributed by atoms with Crippen molar-refractivity contribution < 1.29 is 18.8 Å². The van der Waals surface area contributed by atoms with Crippen molar-refractivity contribution in [2.24, 2.45) is 0 Å². The molecule has 8 heteroatoms. The summed E-state index contributed by atoms with van der Waals surface area (Å²) in [4.78, 5) is 26.6. The molecular formula is C19H24N4O4. The van der Waals surface area contributed by atoms with E-state index in [1.807, 2.05) is 36.1 Å². The zero-order valence-corrected chi connectivity index (χ0v) is 15.3. The summed E-state index contributed by atoms with van der Waals surface area (Å²) in [6.07, 6.45) is 1.55. The third kappa shape index (κ3) is 5.30. The molecule has 144 valence electrons. The topological polar surface area (TPSA) is 96.7 Å². The van der Waals surface area contributed by atoms with Crippen molar-refractivity contribution in [2.75, 3.05) is 19.7 Å². The van der Waals surface area contributed by atoms with Crippen LogP contribution in [0.1, 0.15) is 24.6 Å². The van der Waals surface area contributed by atoms with Gasteiger partial charge in [0.2, 0.25) is 11.8 Å². The third-order valence-electron chi connectivity index (χ3n) is 4.40. The largest absolute Gasteiger partial charge is 0.494 e. The number of aromatic nitrogens is 1. The standard InChI is InChI=1S/C19H24N4O4/c1-2-26-16-5-3-14(4-6-16)13-23-9-8-20-19(25)17(23)11-18(24)21-12-15-7-10-27-22-15/h3-7,10,17H,2,8-9,11-13H2,1H3,(H,20,25)(H,21,24)/t17-/m1/s1. The Bertz CT molecular complexity index is 746. The van der Waals surface area contributed by atoms with Crippen LogP contribution in [0.3, 0.4) is 0 Å². The fourth-order valence-corrected chi connectivity index (χ4v) is 3.03. The Hall–Kier alpha value is -2.87. The Kier molecular flexibility index (Phi) is 6.43. The minimum Gasteiger partial charge on any atom is -0.494 e. The van der Waals surface area contributed by atoms with Gasteiger partial charge < -0.3 is 19.9 Å². The molecular weight excluding hydrogens is 348 g/mol. The van der Waals surface area contributed by atoms with Gasteiger partial charge in [-0.25, -0.2) is 0 Å². The molecule has 8 nitrogen and oxygen atoms in total. The van der Waals surface area contributed by atoms with E-state index in [0.717, 1.165) is 11.3 Å². The van der Waals surface area contributed by atoms with Crippen LogP contribution in [0.5, 0.6) is 5.75 Å². The predicted molar refractivity (Wildman–Crippen MR) is 97.8 cm³/mol. The van der Waals surface area contributed by atoms with E-state index >= 15 is 0 Å². The predicted octanol–water partition coefficient (Wildman–Crippen LogP) is 1.08. The first-order valence-electron chi connectivity index (χ1n) is 9.05. The van der Waals surface area contributed by atoms with Gasteiger partial charge in [0.25, 0.3) is 0 Å². The molecule has 0 bridgehead atoms. The number of ether oxygens (including phenoxy) is 1. The molecule has 2 amide bonds. The molecule has 2 N–H and O–H groups in total. The lowest BCUT2D eigenvalue weighted by Gasteiger charge is -2.34. The van der Waals surface area contributed by atoms with Gasteiger partial charge in [-0.05, 0) is 24.6 Å². The smallest absolute Gasteiger partial charge is 0.237 e. The number of nitrogens with one attached hydrogen (secondary N) is 2. The molecule has 2 heterocycles. The summed E-state index contributed by atoms with van der Waals surface area (Å²) in [5.74, 6) is 0.502. The second kappa shape index (κ2) is 9.18. The van der Waals surface area contributed by atoms with Crippen molar-refractivity contribution >= 4 is 11.8 Å². The average Bonchev–Trinajstić information content (AvgIpc) is 3.18. The van der Waals surface area contributed by atoms with Crippen LogP contribution < -0.4 is 15.4 Å². The van der Waals surface area contributed by atoms with Gasteiger partial charge in [0.05, 0.1) is 25.6 Å². The molecule has 1 atom stereocenters. The Balaban J connectivity index is 1.58. The molecule has 0 unspecified atom stereocenters. The van der Waals surface area contributed by atoms with Gasteiger partial charge in [0.15, 0.2) is 0 Å². The van der Waals surface area contributed by atoms with Crippen LogP contribution >= 0.6 is 0 Å². The highest BCUT2D eigenvalue weighted by Gasteiger charge is 2.31. The zero-order valence-electron chi connectivity index (χ0n) is 15.3. The normalized spacial score (nSPS) is 17.4. The van der Waals surface area contributed by atoms with Crippen molar-refractivity contribution in [3.05, 3.63) is 47.9 Å². The van der Waals surface area contributed by atoms with Crippen LogP contribution in [0.2, 0.25) is 0 Å². The molecule has 1 fully saturated rings. The van der Waals surface area contributed by atoms with E-state index in [0.29, 0.717) is 31.9 Å². The summed E-state index contributed by atoms with van der Waals surface area (Å²) in [7, 11) is 0. The number of piperazine rings is 1. The monoisotopic (exact) mass is 372 g/mol. The van der Waals surface area contributed by atoms with Crippen molar-refractivity contribution in [1.82, 2.24) is 20.7 Å². The number of rotatable bonds is 8. The van der Waals surface area contributed by atoms with E-state index in [4.69, 9.17) is 9.26 Å². The minimum atomic E-state index is -0.498. The molecule has 1 aromatic heterocycles. The second-order valence-electron chi connectivity index (χ2n) is 6.33. The van der Waals surface area contributed by atoms with Gasteiger partial charge in [-0.3, -0.25) is 14.5 Å². The van der Waals surface area contributed by atoms with E-state index in [-0.39, 0.29) is 24.8 Å². The van der Waals surface area contributed by atoms with Gasteiger partial charge in [-0.2, -0.15) is 0 Å². The molecule has 3 rings (SSSR count). The van der Waals surface area contributed by atoms with Crippen molar-refractivity contribution in [3.8, 4) is 5.75 Å². The summed E-state index contributed by atoms with van der Waals surface area (Å²) in [5, 5.41) is 9.37. The van der Waals surface area contributed by atoms with E-state index in [2.05, 4.69) is 15.8 Å². The maximum Gasteiger partial charge on any atom is 0.237 e. The minimum absolute atomic E-state index is 0.0979. The number of hydrogen-bond donors (Lipinski definition) is 2. The first kappa shape index (κ1) is 18.9. The first-order chi connectivity index (χ1) is 13.2. The third-order valence-corrected chi connectivity index (χ3v) is 4.40. The Morgan fingerprint density at radius 2 is 2.19 bits per heavy atom. The van der Waals surface area contributed by atoms with Crippen LogP contribution in [0.15, 0.2) is 41.1 Å². The Morgan fingerprint density at radius 1 is 1.37 bits per heavy atom. The van der Waals surface area contributed by atoms with E-state index in [1.165, 1.54) is 6.26 Å². The summed E-state index contributed by atoms with van der Waals surface area (Å²) in [6.45, 7) is 4.71. The first-order valence-corrected chi connectivity index (χ1v) is 9.05. The Morgan fingerprint density at radius 3 is 2.89 bits per heavy atom. The highest BCUT2D eigenvalue weighted by molar-refractivity contribution is 5.88. The molecule has 2 aromatic rings. The lowest BCUT2D eigenvalue weighted by molar-refractivity contribution is -0.134. The molecule has 0 radical (unpaired) electrons. The van der Waals surface area contributed by atoms with Crippen LogP contribution in [-0.4, -0.2) is 47.6 Å². The van der Waals surface area contributed by atoms with Gasteiger partial charge >= 0.3 is 0 Å². The summed E-state index contributed by atoms with van der Waals surface area (Å²) in [6, 6.07) is 9.00. The molecule has 1 saturated heterocycles. The van der Waals surface area contributed by atoms with Crippen molar-refractivity contribution in [3.63, 3.8) is 0 Å². The summed E-state index contributed by atoms with van der Waals surface area (Å²) in [5.41, 5.74) is 1.71. The van der Waals surface area contributed by atoms with E-state index < -0.39 is 6.04 Å². The zero-order chi connectivity index (χ0) is 19.1. The number of benzene rings is 1. The van der Waals surface area contributed by atoms with Gasteiger partial charge in [0, 0.05) is 25.7 Å². The Labute approximate surface area is 157 Å². The van der Waals surface area contributed by atoms with Crippen molar-refractivity contribution in [2.45, 2.75) is 32.5 Å². The van der Waals surface area contributed by atoms with Gasteiger partial charge in [0.1, 0.15) is 17.7 Å². The number of amides is 2. The molecule has 0 aliphatic carbocycles. The second-order valence-corrected chi connectivity index (χ2v) is 6.33. The van der Waals surface area contributed by atoms with E-state index in [9.17, 15) is 9.59 Å². The van der Waals surface area contributed by atoms with Crippen LogP contribution in [0, 0.1) is 0 Å². The van der Waals surface area contributed by atoms with E-state index in [1.54, 1.807) is 6.07 Å². The number of carbonyl (C=O) groups excluding carboxylic acids is 2. The van der Waals surface area contributed by atoms with Crippen LogP contribution in [0.4, 0.5) is 0 Å². The number of nitrogens with zero attached hydrogens (tertiary/aromatic N) is 2. The molecule has 0 saturated carbocycles. The lowest BCUT2D eigenvalue weighted by atomic mass is 10.1. The van der Waals surface area contributed by atoms with Crippen LogP contribution in [0.25, 0.3) is 0 Å². The molecule has 1 aliphatic heterocycles. The molecule has 1 aliphatic rings. The number of carbonyl (C=O) groups is 2. The van der Waals surface area contributed by atoms with Crippen molar-refractivity contribution in [1.29, 1.82) is 0 Å². The lowest BCUT2D eigenvalue weighted by Crippen LogP contribution is -2.56. The molecule has 1 aromatic carbocycles. The fourth-order valence-electron chi connectivity index (χ4n) is 3.03. The highest BCUT2D eigenvalue weighted by atomic mass is 16.5. The maximum atomic E-state index is 12.3. The fraction of sp³-hybridized carbons (Fsp3) is 0.421. The quantitative estimate of drug-likeness (QED) is 0.720.